The van der Waals surface area contributed by atoms with Gasteiger partial charge < -0.3 is 4.98 Å². The van der Waals surface area contributed by atoms with E-state index in [1.165, 1.54) is 0 Å². The summed E-state index contributed by atoms with van der Waals surface area (Å²) in [6.07, 6.45) is 5.08. The van der Waals surface area contributed by atoms with E-state index >= 15 is 0 Å². The molecule has 1 heterocycles. The van der Waals surface area contributed by atoms with Crippen LogP contribution in [0.4, 0.5) is 0 Å². The maximum Gasteiger partial charge on any atom is 0.0919 e. The number of H-pyrrole nitrogens is 1. The van der Waals surface area contributed by atoms with Crippen molar-refractivity contribution < 1.29 is 22.4 Å². The summed E-state index contributed by atoms with van der Waals surface area (Å²) in [7, 11) is 0. The summed E-state index contributed by atoms with van der Waals surface area (Å²) in [4.78, 5) is 6.42. The van der Waals surface area contributed by atoms with Gasteiger partial charge in [0.25, 0.3) is 0 Å². The third-order valence-electron chi connectivity index (χ3n) is 0.406. The first-order valence-corrected chi connectivity index (χ1v) is 1.43. The van der Waals surface area contributed by atoms with Crippen molar-refractivity contribution in [1.29, 1.82) is 0 Å². The average Bonchev–Trinajstić information content (AvgIpc) is 1.76. The number of imidazole rings is 1. The van der Waals surface area contributed by atoms with Gasteiger partial charge >= 0.3 is 0 Å². The van der Waals surface area contributed by atoms with E-state index in [9.17, 15) is 0 Å². The Morgan fingerprint density at radius 1 is 1.43 bits per heavy atom. The van der Waals surface area contributed by atoms with Crippen molar-refractivity contribution >= 4 is 12.4 Å². The minimum atomic E-state index is 0. The van der Waals surface area contributed by atoms with Crippen LogP contribution in [0.25, 0.3) is 0 Å². The number of nitrogens with zero attached hydrogens (tertiary/aromatic N) is 1. The van der Waals surface area contributed by atoms with Crippen LogP contribution in [-0.2, 0) is 22.4 Å². The fourth-order valence-electron chi connectivity index (χ4n) is 0.215. The van der Waals surface area contributed by atoms with E-state index in [4.69, 9.17) is 0 Å². The second-order valence-corrected chi connectivity index (χ2v) is 0.761. The van der Waals surface area contributed by atoms with Gasteiger partial charge in [0, 0.05) is 34.8 Å². The summed E-state index contributed by atoms with van der Waals surface area (Å²) in [5.41, 5.74) is 0. The van der Waals surface area contributed by atoms with Gasteiger partial charge in [0.15, 0.2) is 0 Å². The van der Waals surface area contributed by atoms with Gasteiger partial charge in [-0.25, -0.2) is 4.98 Å². The minimum absolute atomic E-state index is 0. The van der Waals surface area contributed by atoms with Gasteiger partial charge in [0.05, 0.1) is 6.33 Å². The van der Waals surface area contributed by atoms with E-state index in [1.54, 1.807) is 18.7 Å². The van der Waals surface area contributed by atoms with Gasteiger partial charge in [-0.3, -0.25) is 0 Å². The quantitative estimate of drug-likeness (QED) is 0.634. The standard InChI is InChI=1S/C3H4N2.Ag.ClH/c1-2-5-3-4-1;;/h1-3H,(H,4,5);;1H. The SMILES string of the molecule is Cl.[Ag].c1c[nH]cn1. The fraction of sp³-hybridized carbons (Fsp3) is 0. The van der Waals surface area contributed by atoms with Crippen LogP contribution in [0.1, 0.15) is 0 Å². The maximum absolute atomic E-state index is 3.67. The zero-order valence-corrected chi connectivity index (χ0v) is 5.69. The Morgan fingerprint density at radius 3 is 2.29 bits per heavy atom. The Bertz CT molecular complexity index is 69.4. The van der Waals surface area contributed by atoms with Gasteiger partial charge in [-0.15, -0.1) is 12.4 Å². The number of aromatic nitrogens is 2. The molecule has 0 aliphatic rings. The molecule has 0 spiro atoms. The Balaban J connectivity index is 0. The van der Waals surface area contributed by atoms with Crippen molar-refractivity contribution in [2.24, 2.45) is 0 Å². The normalized spacial score (nSPS) is 5.71. The number of nitrogens with one attached hydrogen (secondary N) is 1. The first-order chi connectivity index (χ1) is 2.50. The smallest absolute Gasteiger partial charge is 0.0919 e. The van der Waals surface area contributed by atoms with Crippen LogP contribution in [-0.4, -0.2) is 9.97 Å². The molecular formula is C3H5AgClN2. The molecule has 0 fully saturated rings. The molecule has 0 amide bonds. The van der Waals surface area contributed by atoms with E-state index in [2.05, 4.69) is 9.97 Å². The molecule has 0 aliphatic carbocycles. The van der Waals surface area contributed by atoms with Crippen LogP contribution in [0.15, 0.2) is 18.7 Å². The number of rotatable bonds is 0. The van der Waals surface area contributed by atoms with Crippen molar-refractivity contribution in [1.82, 2.24) is 9.97 Å². The second-order valence-electron chi connectivity index (χ2n) is 0.761. The molecule has 1 aromatic rings. The first kappa shape index (κ1) is 10.3. The van der Waals surface area contributed by atoms with Crippen LogP contribution in [0.3, 0.4) is 0 Å². The monoisotopic (exact) mass is 211 g/mol. The van der Waals surface area contributed by atoms with Crippen molar-refractivity contribution in [3.8, 4) is 0 Å². The summed E-state index contributed by atoms with van der Waals surface area (Å²) >= 11 is 0. The van der Waals surface area contributed by atoms with E-state index in [1.807, 2.05) is 0 Å². The van der Waals surface area contributed by atoms with Crippen molar-refractivity contribution in [3.63, 3.8) is 0 Å². The summed E-state index contributed by atoms with van der Waals surface area (Å²) < 4.78 is 0. The molecule has 7 heavy (non-hydrogen) atoms. The average molecular weight is 212 g/mol. The van der Waals surface area contributed by atoms with Gasteiger partial charge in [-0.05, 0) is 0 Å². The molecule has 2 nitrogen and oxygen atoms in total. The summed E-state index contributed by atoms with van der Waals surface area (Å²) in [6.45, 7) is 0. The second kappa shape index (κ2) is 6.24. The van der Waals surface area contributed by atoms with E-state index in [0.717, 1.165) is 0 Å². The first-order valence-electron chi connectivity index (χ1n) is 1.43. The molecule has 0 saturated carbocycles. The van der Waals surface area contributed by atoms with Gasteiger partial charge in [0.1, 0.15) is 0 Å². The zero-order valence-electron chi connectivity index (χ0n) is 3.39. The molecule has 0 aromatic carbocycles. The Labute approximate surface area is 63.6 Å². The van der Waals surface area contributed by atoms with Crippen LogP contribution in [0.5, 0.6) is 0 Å². The third kappa shape index (κ3) is 4.09. The predicted molar refractivity (Wildman–Crippen MR) is 25.8 cm³/mol. The molecule has 0 saturated heterocycles. The molecule has 1 aromatic heterocycles. The zero-order chi connectivity index (χ0) is 3.54. The molecule has 0 aliphatic heterocycles. The minimum Gasteiger partial charge on any atom is -0.351 e. The number of hydrogen-bond acceptors (Lipinski definition) is 1. The molecule has 45 valence electrons. The molecular weight excluding hydrogens is 207 g/mol. The van der Waals surface area contributed by atoms with Crippen molar-refractivity contribution in [2.75, 3.05) is 0 Å². The third-order valence-corrected chi connectivity index (χ3v) is 0.406. The molecule has 1 N–H and O–H groups in total. The maximum atomic E-state index is 3.67. The molecule has 0 atom stereocenters. The fourth-order valence-corrected chi connectivity index (χ4v) is 0.215. The summed E-state index contributed by atoms with van der Waals surface area (Å²) in [5.74, 6) is 0. The van der Waals surface area contributed by atoms with Crippen molar-refractivity contribution in [2.45, 2.75) is 0 Å². The van der Waals surface area contributed by atoms with Crippen LogP contribution in [0, 0.1) is 0 Å². The van der Waals surface area contributed by atoms with Gasteiger partial charge in [-0.1, -0.05) is 0 Å². The van der Waals surface area contributed by atoms with E-state index in [0.29, 0.717) is 0 Å². The molecule has 0 bridgehead atoms. The van der Waals surface area contributed by atoms with E-state index < -0.39 is 0 Å². The largest absolute Gasteiger partial charge is 0.351 e. The van der Waals surface area contributed by atoms with E-state index in [-0.39, 0.29) is 34.8 Å². The number of halogens is 1. The van der Waals surface area contributed by atoms with Gasteiger partial charge in [-0.2, -0.15) is 0 Å². The Morgan fingerprint density at radius 2 is 2.14 bits per heavy atom. The summed E-state index contributed by atoms with van der Waals surface area (Å²) in [6, 6.07) is 0. The van der Waals surface area contributed by atoms with Crippen LogP contribution in [0.2, 0.25) is 0 Å². The summed E-state index contributed by atoms with van der Waals surface area (Å²) in [5, 5.41) is 0. The molecule has 1 rings (SSSR count). The Kier molecular flexibility index (Phi) is 9.15. The topological polar surface area (TPSA) is 28.7 Å². The van der Waals surface area contributed by atoms with Gasteiger partial charge in [0.2, 0.25) is 0 Å². The molecule has 1 radical (unpaired) electrons. The van der Waals surface area contributed by atoms with Crippen LogP contribution >= 0.6 is 12.4 Å². The van der Waals surface area contributed by atoms with Crippen molar-refractivity contribution in [3.05, 3.63) is 18.7 Å². The number of hydrogen-bond donors (Lipinski definition) is 1. The molecule has 0 unspecified atom stereocenters. The Hall–Kier alpha value is 0.240. The van der Waals surface area contributed by atoms with Crippen LogP contribution < -0.4 is 0 Å². The molecule has 4 heteroatoms. The predicted octanol–water partition coefficient (Wildman–Crippen LogP) is 0.829. The number of aromatic amines is 1.